The minimum Gasteiger partial charge on any atom is -0.481 e. The highest BCUT2D eigenvalue weighted by atomic mass is 16.5. The molecule has 7 heteroatoms. The average Bonchev–Trinajstić information content (AvgIpc) is 3.08. The van der Waals surface area contributed by atoms with Crippen molar-refractivity contribution in [3.05, 3.63) is 59.7 Å². The number of carbonyl (C=O) groups is 3. The Morgan fingerprint density at radius 3 is 2.16 bits per heavy atom. The largest absolute Gasteiger partial charge is 0.481 e. The van der Waals surface area contributed by atoms with Crippen LogP contribution in [0.4, 0.5) is 4.79 Å². The molecule has 1 fully saturated rings. The molecule has 2 amide bonds. The third-order valence-electron chi connectivity index (χ3n) is 6.56. The van der Waals surface area contributed by atoms with Crippen LogP contribution in [-0.2, 0) is 14.3 Å². The molecular formula is C25H28N2O5. The number of carboxylic acid groups (broad SMARTS) is 1. The number of carbonyl (C=O) groups excluding carboxylic acids is 2. The molecule has 1 saturated carbocycles. The summed E-state index contributed by atoms with van der Waals surface area (Å²) in [5, 5.41) is 14.3. The van der Waals surface area contributed by atoms with Crippen molar-refractivity contribution in [3.8, 4) is 11.1 Å². The number of carboxylic acids is 1. The SMILES string of the molecule is O=C(O)CCCNC(=O)C1(CNC(=O)OCC2c3ccccc3-c3ccccc32)CCC1. The molecule has 4 rings (SSSR count). The first kappa shape index (κ1) is 21.9. The molecule has 2 aromatic carbocycles. The molecule has 7 nitrogen and oxygen atoms in total. The zero-order valence-electron chi connectivity index (χ0n) is 17.9. The van der Waals surface area contributed by atoms with Crippen LogP contribution in [0.1, 0.15) is 49.1 Å². The summed E-state index contributed by atoms with van der Waals surface area (Å²) in [5.74, 6) is -1.02. The Bertz CT molecular complexity index is 969. The van der Waals surface area contributed by atoms with Crippen molar-refractivity contribution in [3.63, 3.8) is 0 Å². The maximum Gasteiger partial charge on any atom is 0.407 e. The van der Waals surface area contributed by atoms with Crippen LogP contribution in [0.2, 0.25) is 0 Å². The fourth-order valence-corrected chi connectivity index (χ4v) is 4.61. The van der Waals surface area contributed by atoms with Crippen molar-refractivity contribution in [1.29, 1.82) is 0 Å². The molecule has 0 unspecified atom stereocenters. The minimum absolute atomic E-state index is 0.0108. The average molecular weight is 437 g/mol. The number of nitrogens with one attached hydrogen (secondary N) is 2. The van der Waals surface area contributed by atoms with E-state index in [4.69, 9.17) is 9.84 Å². The number of aliphatic carboxylic acids is 1. The maximum atomic E-state index is 12.6. The number of amides is 2. The first-order valence-electron chi connectivity index (χ1n) is 11.1. The Morgan fingerprint density at radius 1 is 0.969 bits per heavy atom. The van der Waals surface area contributed by atoms with Crippen molar-refractivity contribution < 1.29 is 24.2 Å². The van der Waals surface area contributed by atoms with Gasteiger partial charge >= 0.3 is 12.1 Å². The van der Waals surface area contributed by atoms with E-state index in [0.717, 1.165) is 17.5 Å². The fourth-order valence-electron chi connectivity index (χ4n) is 4.61. The van der Waals surface area contributed by atoms with Crippen LogP contribution in [-0.4, -0.2) is 42.8 Å². The third-order valence-corrected chi connectivity index (χ3v) is 6.56. The Hall–Kier alpha value is -3.35. The zero-order chi connectivity index (χ0) is 22.6. The molecule has 0 bridgehead atoms. The van der Waals surface area contributed by atoms with Crippen LogP contribution in [0.25, 0.3) is 11.1 Å². The Labute approximate surface area is 187 Å². The number of hydrogen-bond acceptors (Lipinski definition) is 4. The van der Waals surface area contributed by atoms with Gasteiger partial charge in [0.15, 0.2) is 0 Å². The summed E-state index contributed by atoms with van der Waals surface area (Å²) in [4.78, 5) is 35.6. The zero-order valence-corrected chi connectivity index (χ0v) is 17.9. The Kier molecular flexibility index (Phi) is 6.44. The highest BCUT2D eigenvalue weighted by molar-refractivity contribution is 5.84. The van der Waals surface area contributed by atoms with Crippen LogP contribution < -0.4 is 10.6 Å². The van der Waals surface area contributed by atoms with Gasteiger partial charge in [0, 0.05) is 25.4 Å². The highest BCUT2D eigenvalue weighted by Crippen LogP contribution is 2.44. The molecule has 2 aromatic rings. The van der Waals surface area contributed by atoms with Gasteiger partial charge in [-0.25, -0.2) is 4.79 Å². The van der Waals surface area contributed by atoms with Gasteiger partial charge in [-0.3, -0.25) is 9.59 Å². The summed E-state index contributed by atoms with van der Waals surface area (Å²) in [6, 6.07) is 16.3. The molecule has 0 aromatic heterocycles. The van der Waals surface area contributed by atoms with Crippen LogP contribution in [0.3, 0.4) is 0 Å². The van der Waals surface area contributed by atoms with Crippen molar-refractivity contribution >= 4 is 18.0 Å². The normalized spacial score (nSPS) is 15.8. The van der Waals surface area contributed by atoms with Crippen molar-refractivity contribution in [2.45, 2.75) is 38.0 Å². The van der Waals surface area contributed by atoms with Gasteiger partial charge in [0.05, 0.1) is 5.41 Å². The molecule has 0 atom stereocenters. The number of alkyl carbamates (subject to hydrolysis) is 1. The van der Waals surface area contributed by atoms with Crippen molar-refractivity contribution in [2.75, 3.05) is 19.7 Å². The van der Waals surface area contributed by atoms with Gasteiger partial charge in [0.25, 0.3) is 0 Å². The van der Waals surface area contributed by atoms with Gasteiger partial charge in [0.2, 0.25) is 5.91 Å². The maximum absolute atomic E-state index is 12.6. The third kappa shape index (κ3) is 4.47. The second-order valence-corrected chi connectivity index (χ2v) is 8.57. The molecule has 2 aliphatic rings. The first-order valence-corrected chi connectivity index (χ1v) is 11.1. The molecule has 168 valence electrons. The lowest BCUT2D eigenvalue weighted by atomic mass is 9.68. The van der Waals surface area contributed by atoms with Gasteiger partial charge in [-0.15, -0.1) is 0 Å². The lowest BCUT2D eigenvalue weighted by Gasteiger charge is -2.40. The summed E-state index contributed by atoms with van der Waals surface area (Å²) in [6.45, 7) is 0.764. The quantitative estimate of drug-likeness (QED) is 0.520. The molecule has 2 aliphatic carbocycles. The number of hydrogen-bond donors (Lipinski definition) is 3. The molecule has 32 heavy (non-hydrogen) atoms. The van der Waals surface area contributed by atoms with E-state index in [-0.39, 0.29) is 31.4 Å². The van der Waals surface area contributed by atoms with E-state index in [2.05, 4.69) is 34.9 Å². The molecule has 0 aliphatic heterocycles. The van der Waals surface area contributed by atoms with Crippen LogP contribution >= 0.6 is 0 Å². The molecule has 0 spiro atoms. The summed E-state index contributed by atoms with van der Waals surface area (Å²) >= 11 is 0. The molecule has 0 saturated heterocycles. The van der Waals surface area contributed by atoms with Gasteiger partial charge in [-0.2, -0.15) is 0 Å². The summed E-state index contributed by atoms with van der Waals surface area (Å²) < 4.78 is 5.56. The highest BCUT2D eigenvalue weighted by Gasteiger charge is 2.44. The van der Waals surface area contributed by atoms with Crippen LogP contribution in [0.5, 0.6) is 0 Å². The second kappa shape index (κ2) is 9.42. The number of fused-ring (bicyclic) bond motifs is 3. The van der Waals surface area contributed by atoms with Crippen LogP contribution in [0, 0.1) is 5.41 Å². The van der Waals surface area contributed by atoms with Crippen molar-refractivity contribution in [2.24, 2.45) is 5.41 Å². The number of ether oxygens (including phenoxy) is 1. The number of benzene rings is 2. The summed E-state index contributed by atoms with van der Waals surface area (Å²) in [6.07, 6.45) is 2.19. The van der Waals surface area contributed by atoms with E-state index in [1.165, 1.54) is 11.1 Å². The fraction of sp³-hybridized carbons (Fsp3) is 0.400. The monoisotopic (exact) mass is 436 g/mol. The number of rotatable bonds is 9. The Balaban J connectivity index is 1.30. The lowest BCUT2D eigenvalue weighted by Crippen LogP contribution is -2.52. The van der Waals surface area contributed by atoms with E-state index in [0.29, 0.717) is 25.8 Å². The van der Waals surface area contributed by atoms with Gasteiger partial charge in [0.1, 0.15) is 6.61 Å². The smallest absolute Gasteiger partial charge is 0.407 e. The van der Waals surface area contributed by atoms with E-state index in [9.17, 15) is 14.4 Å². The van der Waals surface area contributed by atoms with Crippen LogP contribution in [0.15, 0.2) is 48.5 Å². The van der Waals surface area contributed by atoms with Crippen molar-refractivity contribution in [1.82, 2.24) is 10.6 Å². The summed E-state index contributed by atoms with van der Waals surface area (Å²) in [7, 11) is 0. The first-order chi connectivity index (χ1) is 15.5. The molecule has 3 N–H and O–H groups in total. The Morgan fingerprint density at radius 2 is 1.59 bits per heavy atom. The van der Waals surface area contributed by atoms with E-state index >= 15 is 0 Å². The van der Waals surface area contributed by atoms with Gasteiger partial charge in [-0.05, 0) is 41.5 Å². The minimum atomic E-state index is -0.880. The lowest BCUT2D eigenvalue weighted by molar-refractivity contribution is -0.138. The van der Waals surface area contributed by atoms with Gasteiger partial charge < -0.3 is 20.5 Å². The molecular weight excluding hydrogens is 408 g/mol. The molecule has 0 radical (unpaired) electrons. The van der Waals surface area contributed by atoms with E-state index < -0.39 is 17.5 Å². The predicted molar refractivity (Wildman–Crippen MR) is 119 cm³/mol. The topological polar surface area (TPSA) is 105 Å². The van der Waals surface area contributed by atoms with E-state index in [1.807, 2.05) is 24.3 Å². The summed E-state index contributed by atoms with van der Waals surface area (Å²) in [5.41, 5.74) is 4.01. The van der Waals surface area contributed by atoms with E-state index in [1.54, 1.807) is 0 Å². The molecule has 0 heterocycles. The predicted octanol–water partition coefficient (Wildman–Crippen LogP) is 3.68. The second-order valence-electron chi connectivity index (χ2n) is 8.57. The standard InChI is InChI=1S/C25H28N2O5/c28-22(29)11-5-14-26-23(30)25(12-6-13-25)16-27-24(31)32-15-21-19-9-3-1-7-17(19)18-8-2-4-10-20(18)21/h1-4,7-10,21H,5-6,11-16H2,(H,26,30)(H,27,31)(H,28,29). The van der Waals surface area contributed by atoms with Gasteiger partial charge in [-0.1, -0.05) is 55.0 Å².